The standard InChI is InChI=1S/C18H27N2O4/c1-12(17(19)22)10-14(18(23)20-2)11-15(21)7-4-13-5-8-16(24-3)9-6-13/h5-9,12,14-15,21H,4,10-11H2,1-3H3,(H2,19,22)(H,20,23)/t12?,14-,15+/m1/s1. The molecule has 1 aromatic rings. The Kier molecular flexibility index (Phi) is 8.26. The summed E-state index contributed by atoms with van der Waals surface area (Å²) >= 11 is 0. The van der Waals surface area contributed by atoms with Crippen LogP contribution < -0.4 is 15.8 Å². The molecular formula is C18H27N2O4. The number of carbonyl (C=O) groups excluding carboxylic acids is 2. The van der Waals surface area contributed by atoms with E-state index >= 15 is 0 Å². The van der Waals surface area contributed by atoms with Crippen molar-refractivity contribution in [3.63, 3.8) is 0 Å². The van der Waals surface area contributed by atoms with Crippen molar-refractivity contribution in [3.8, 4) is 5.75 Å². The summed E-state index contributed by atoms with van der Waals surface area (Å²) in [6.45, 7) is 1.69. The van der Waals surface area contributed by atoms with E-state index in [9.17, 15) is 14.7 Å². The van der Waals surface area contributed by atoms with Gasteiger partial charge in [0.25, 0.3) is 0 Å². The number of methoxy groups -OCH3 is 1. The van der Waals surface area contributed by atoms with Crippen LogP contribution in [0, 0.1) is 18.3 Å². The van der Waals surface area contributed by atoms with Crippen LogP contribution in [-0.2, 0) is 16.0 Å². The number of ether oxygens (including phenoxy) is 1. The second-order valence-corrected chi connectivity index (χ2v) is 5.94. The summed E-state index contributed by atoms with van der Waals surface area (Å²) in [5, 5.41) is 12.8. The lowest BCUT2D eigenvalue weighted by Gasteiger charge is -2.21. The topological polar surface area (TPSA) is 102 Å². The molecule has 1 aromatic carbocycles. The summed E-state index contributed by atoms with van der Waals surface area (Å²) in [6.07, 6.45) is 2.18. The van der Waals surface area contributed by atoms with Crippen LogP contribution in [0.5, 0.6) is 5.75 Å². The Morgan fingerprint density at radius 2 is 1.92 bits per heavy atom. The molecule has 1 unspecified atom stereocenters. The minimum absolute atomic E-state index is 0.194. The molecule has 3 atom stereocenters. The van der Waals surface area contributed by atoms with Crippen molar-refractivity contribution < 1.29 is 19.4 Å². The zero-order chi connectivity index (χ0) is 18.1. The van der Waals surface area contributed by atoms with E-state index in [4.69, 9.17) is 10.5 Å². The summed E-state index contributed by atoms with van der Waals surface area (Å²) < 4.78 is 5.10. The molecule has 4 N–H and O–H groups in total. The molecule has 0 bridgehead atoms. The third-order valence-electron chi connectivity index (χ3n) is 4.05. The first-order valence-electron chi connectivity index (χ1n) is 8.02. The van der Waals surface area contributed by atoms with Gasteiger partial charge in [-0.25, -0.2) is 0 Å². The minimum Gasteiger partial charge on any atom is -0.497 e. The third-order valence-corrected chi connectivity index (χ3v) is 4.05. The van der Waals surface area contributed by atoms with E-state index in [0.717, 1.165) is 11.3 Å². The normalized spacial score (nSPS) is 14.5. The monoisotopic (exact) mass is 335 g/mol. The SMILES string of the molecule is CNC(=O)[C@H](CC(C)C(N)=O)C[C@@H](O)[CH]Cc1ccc(OC)cc1. The van der Waals surface area contributed by atoms with E-state index in [2.05, 4.69) is 5.32 Å². The number of benzene rings is 1. The first kappa shape index (κ1) is 20.0. The van der Waals surface area contributed by atoms with Crippen LogP contribution in [0.4, 0.5) is 0 Å². The molecule has 133 valence electrons. The predicted molar refractivity (Wildman–Crippen MR) is 92.2 cm³/mol. The molecule has 0 aliphatic carbocycles. The van der Waals surface area contributed by atoms with Crippen LogP contribution in [0.2, 0.25) is 0 Å². The fourth-order valence-electron chi connectivity index (χ4n) is 2.48. The van der Waals surface area contributed by atoms with Crippen LogP contribution in [0.1, 0.15) is 25.3 Å². The van der Waals surface area contributed by atoms with Gasteiger partial charge < -0.3 is 20.9 Å². The first-order chi connectivity index (χ1) is 11.4. The fourth-order valence-corrected chi connectivity index (χ4v) is 2.48. The van der Waals surface area contributed by atoms with E-state index in [1.165, 1.54) is 7.05 Å². The molecule has 6 nitrogen and oxygen atoms in total. The molecule has 1 rings (SSSR count). The summed E-state index contributed by atoms with van der Waals surface area (Å²) in [5.41, 5.74) is 6.30. The molecule has 6 heteroatoms. The van der Waals surface area contributed by atoms with Gasteiger partial charge in [-0.1, -0.05) is 19.1 Å². The second kappa shape index (κ2) is 9.93. The van der Waals surface area contributed by atoms with E-state index < -0.39 is 23.8 Å². The quantitative estimate of drug-likeness (QED) is 0.595. The van der Waals surface area contributed by atoms with Crippen molar-refractivity contribution >= 4 is 11.8 Å². The second-order valence-electron chi connectivity index (χ2n) is 5.94. The lowest BCUT2D eigenvalue weighted by molar-refractivity contribution is -0.127. The molecule has 0 heterocycles. The van der Waals surface area contributed by atoms with E-state index in [1.54, 1.807) is 20.5 Å². The summed E-state index contributed by atoms with van der Waals surface area (Å²) in [7, 11) is 3.15. The molecule has 0 spiro atoms. The molecule has 1 radical (unpaired) electrons. The molecule has 2 amide bonds. The van der Waals surface area contributed by atoms with Crippen LogP contribution in [0.3, 0.4) is 0 Å². The molecule has 0 fully saturated rings. The number of hydrogen-bond acceptors (Lipinski definition) is 4. The van der Waals surface area contributed by atoms with Crippen molar-refractivity contribution in [1.82, 2.24) is 5.32 Å². The van der Waals surface area contributed by atoms with Crippen molar-refractivity contribution in [1.29, 1.82) is 0 Å². The highest BCUT2D eigenvalue weighted by atomic mass is 16.5. The van der Waals surface area contributed by atoms with Crippen LogP contribution in [-0.4, -0.2) is 37.2 Å². The predicted octanol–water partition coefficient (Wildman–Crippen LogP) is 1.07. The molecule has 0 saturated carbocycles. The van der Waals surface area contributed by atoms with Crippen molar-refractivity contribution in [3.05, 3.63) is 36.2 Å². The molecular weight excluding hydrogens is 308 g/mol. The number of nitrogens with two attached hydrogens (primary N) is 1. The average Bonchev–Trinajstić information content (AvgIpc) is 2.58. The molecule has 0 aliphatic heterocycles. The van der Waals surface area contributed by atoms with Gasteiger partial charge in [0.2, 0.25) is 11.8 Å². The lowest BCUT2D eigenvalue weighted by Crippen LogP contribution is -2.34. The largest absolute Gasteiger partial charge is 0.497 e. The maximum absolute atomic E-state index is 11.9. The highest BCUT2D eigenvalue weighted by molar-refractivity contribution is 5.80. The van der Waals surface area contributed by atoms with Gasteiger partial charge in [-0.2, -0.15) is 0 Å². The number of nitrogens with one attached hydrogen (secondary N) is 1. The van der Waals surface area contributed by atoms with Gasteiger partial charge in [0.15, 0.2) is 0 Å². The van der Waals surface area contributed by atoms with Crippen molar-refractivity contribution in [2.75, 3.05) is 14.2 Å². The van der Waals surface area contributed by atoms with Crippen LogP contribution >= 0.6 is 0 Å². The van der Waals surface area contributed by atoms with Crippen LogP contribution in [0.25, 0.3) is 0 Å². The number of hydrogen-bond donors (Lipinski definition) is 3. The molecule has 0 aromatic heterocycles. The average molecular weight is 335 g/mol. The lowest BCUT2D eigenvalue weighted by atomic mass is 9.88. The summed E-state index contributed by atoms with van der Waals surface area (Å²) in [5.74, 6) is -0.735. The number of amides is 2. The minimum atomic E-state index is -0.741. The smallest absolute Gasteiger partial charge is 0.222 e. The van der Waals surface area contributed by atoms with Gasteiger partial charge >= 0.3 is 0 Å². The number of aliphatic hydroxyl groups is 1. The number of aliphatic hydroxyl groups excluding tert-OH is 1. The zero-order valence-electron chi connectivity index (χ0n) is 14.5. The summed E-state index contributed by atoms with van der Waals surface area (Å²) in [6, 6.07) is 7.57. The van der Waals surface area contributed by atoms with Gasteiger partial charge in [-0.05, 0) is 43.4 Å². The fraction of sp³-hybridized carbons (Fsp3) is 0.500. The van der Waals surface area contributed by atoms with Gasteiger partial charge in [0.05, 0.1) is 13.2 Å². The Morgan fingerprint density at radius 1 is 1.29 bits per heavy atom. The van der Waals surface area contributed by atoms with Crippen molar-refractivity contribution in [2.45, 2.75) is 32.3 Å². The number of rotatable bonds is 10. The van der Waals surface area contributed by atoms with Crippen molar-refractivity contribution in [2.24, 2.45) is 17.6 Å². The van der Waals surface area contributed by atoms with Gasteiger partial charge in [0.1, 0.15) is 5.75 Å². The Morgan fingerprint density at radius 3 is 2.42 bits per heavy atom. The van der Waals surface area contributed by atoms with Crippen LogP contribution in [0.15, 0.2) is 24.3 Å². The Hall–Kier alpha value is -2.08. The Labute approximate surface area is 143 Å². The maximum atomic E-state index is 11.9. The van der Waals surface area contributed by atoms with E-state index in [0.29, 0.717) is 12.8 Å². The Bertz CT molecular complexity index is 530. The van der Waals surface area contributed by atoms with Gasteiger partial charge in [0, 0.05) is 18.9 Å². The number of carbonyl (C=O) groups is 2. The molecule has 24 heavy (non-hydrogen) atoms. The highest BCUT2D eigenvalue weighted by Crippen LogP contribution is 2.20. The third kappa shape index (κ3) is 6.58. The number of primary amides is 1. The first-order valence-corrected chi connectivity index (χ1v) is 8.02. The summed E-state index contributed by atoms with van der Waals surface area (Å²) in [4.78, 5) is 23.2. The maximum Gasteiger partial charge on any atom is 0.222 e. The Balaban J connectivity index is 2.55. The van der Waals surface area contributed by atoms with E-state index in [1.807, 2.05) is 24.3 Å². The zero-order valence-corrected chi connectivity index (χ0v) is 14.5. The van der Waals surface area contributed by atoms with Gasteiger partial charge in [-0.3, -0.25) is 9.59 Å². The molecule has 0 aliphatic rings. The van der Waals surface area contributed by atoms with E-state index in [-0.39, 0.29) is 12.3 Å². The molecule has 0 saturated heterocycles. The highest BCUT2D eigenvalue weighted by Gasteiger charge is 2.25. The van der Waals surface area contributed by atoms with Gasteiger partial charge in [-0.15, -0.1) is 0 Å².